The molecule has 2 N–H and O–H groups in total. The Labute approximate surface area is 200 Å². The van der Waals surface area contributed by atoms with Crippen molar-refractivity contribution < 1.29 is 9.90 Å². The number of aromatic nitrogens is 4. The summed E-state index contributed by atoms with van der Waals surface area (Å²) < 4.78 is 1.68. The Kier molecular flexibility index (Phi) is 5.64. The zero-order valence-electron chi connectivity index (χ0n) is 18.2. The monoisotopic (exact) mass is 483 g/mol. The van der Waals surface area contributed by atoms with Crippen LogP contribution in [0.5, 0.6) is 0 Å². The molecule has 4 aromatic rings. The summed E-state index contributed by atoms with van der Waals surface area (Å²) in [5, 5.41) is 22.9. The van der Waals surface area contributed by atoms with Crippen LogP contribution in [-0.4, -0.2) is 48.5 Å². The van der Waals surface area contributed by atoms with Crippen molar-refractivity contribution in [2.75, 3.05) is 6.61 Å². The number of hydrogen-bond acceptors (Lipinski definition) is 4. The average Bonchev–Trinajstić information content (AvgIpc) is 3.43. The number of amides is 1. The van der Waals surface area contributed by atoms with E-state index in [9.17, 15) is 9.90 Å². The molecule has 0 spiro atoms. The third-order valence-electron chi connectivity index (χ3n) is 6.58. The van der Waals surface area contributed by atoms with E-state index in [-0.39, 0.29) is 31.0 Å². The molecule has 0 fully saturated rings. The maximum atomic E-state index is 13.7. The van der Waals surface area contributed by atoms with Crippen molar-refractivity contribution in [1.82, 2.24) is 24.9 Å². The maximum Gasteiger partial charge on any atom is 0.227 e. The molecule has 2 atom stereocenters. The molecule has 0 saturated carbocycles. The lowest BCUT2D eigenvalue weighted by atomic mass is 9.84. The molecule has 1 aliphatic rings. The molecule has 0 radical (unpaired) electrons. The third kappa shape index (κ3) is 3.60. The largest absolute Gasteiger partial charge is 0.394 e. The number of carbonyl (C=O) groups is 1. The summed E-state index contributed by atoms with van der Waals surface area (Å²) in [5.41, 5.74) is 5.71. The van der Waals surface area contributed by atoms with Gasteiger partial charge in [0.2, 0.25) is 5.91 Å². The fraction of sp³-hybridized carbons (Fsp3) is 0.292. The first-order chi connectivity index (χ1) is 15.9. The van der Waals surface area contributed by atoms with Gasteiger partial charge in [-0.2, -0.15) is 10.2 Å². The number of nitrogens with one attached hydrogen (secondary N) is 1. The number of H-pyrrole nitrogens is 1. The fourth-order valence-electron chi connectivity index (χ4n) is 5.03. The van der Waals surface area contributed by atoms with Crippen LogP contribution < -0.4 is 0 Å². The topological polar surface area (TPSA) is 87.0 Å². The van der Waals surface area contributed by atoms with Crippen LogP contribution >= 0.6 is 23.2 Å². The van der Waals surface area contributed by atoms with Gasteiger partial charge in [0.25, 0.3) is 0 Å². The molecule has 0 saturated heterocycles. The molecule has 0 aliphatic carbocycles. The number of hydrogen-bond donors (Lipinski definition) is 2. The second-order valence-corrected chi connectivity index (χ2v) is 9.15. The smallest absolute Gasteiger partial charge is 0.227 e. The molecule has 1 aliphatic heterocycles. The number of fused-ring (bicyclic) bond motifs is 2. The Morgan fingerprint density at radius 1 is 1.27 bits per heavy atom. The van der Waals surface area contributed by atoms with Gasteiger partial charge in [-0.3, -0.25) is 14.6 Å². The molecule has 0 bridgehead atoms. The van der Waals surface area contributed by atoms with Crippen LogP contribution in [0.1, 0.15) is 29.7 Å². The number of halogens is 2. The molecule has 33 heavy (non-hydrogen) atoms. The SMILES string of the molecule is C[C@H]1c2cccc(-c3cn[nH]c3)c2C[C@H](CO)N1C(=O)Cc1c(Cl)ccc2c1c(Cl)nn2C. The number of benzene rings is 2. The van der Waals surface area contributed by atoms with E-state index < -0.39 is 0 Å². The number of nitrogens with zero attached hydrogens (tertiary/aromatic N) is 4. The van der Waals surface area contributed by atoms with Gasteiger partial charge in [-0.15, -0.1) is 0 Å². The van der Waals surface area contributed by atoms with Crippen molar-refractivity contribution >= 4 is 40.0 Å². The van der Waals surface area contributed by atoms with E-state index in [1.165, 1.54) is 0 Å². The number of aliphatic hydroxyl groups excluding tert-OH is 1. The van der Waals surface area contributed by atoms with Gasteiger partial charge in [-0.05, 0) is 47.7 Å². The molecular formula is C24H23Cl2N5O2. The normalized spacial score (nSPS) is 18.0. The molecule has 2 aromatic carbocycles. The molecular weight excluding hydrogens is 461 g/mol. The summed E-state index contributed by atoms with van der Waals surface area (Å²) in [7, 11) is 1.80. The number of carbonyl (C=O) groups excluding carboxylic acids is 1. The summed E-state index contributed by atoms with van der Waals surface area (Å²) in [6.45, 7) is 1.86. The predicted octanol–water partition coefficient (Wildman–Crippen LogP) is 4.32. The van der Waals surface area contributed by atoms with Crippen molar-refractivity contribution in [2.45, 2.75) is 31.8 Å². The number of aryl methyl sites for hydroxylation is 1. The molecule has 5 rings (SSSR count). The van der Waals surface area contributed by atoms with Gasteiger partial charge in [-0.1, -0.05) is 41.4 Å². The first-order valence-electron chi connectivity index (χ1n) is 10.7. The lowest BCUT2D eigenvalue weighted by Gasteiger charge is -2.42. The summed E-state index contributed by atoms with van der Waals surface area (Å²) in [6, 6.07) is 9.13. The predicted molar refractivity (Wildman–Crippen MR) is 128 cm³/mol. The zero-order valence-corrected chi connectivity index (χ0v) is 19.7. The van der Waals surface area contributed by atoms with E-state index >= 15 is 0 Å². The minimum atomic E-state index is -0.351. The van der Waals surface area contributed by atoms with Crippen LogP contribution in [0.2, 0.25) is 10.2 Å². The molecule has 7 nitrogen and oxygen atoms in total. The van der Waals surface area contributed by atoms with E-state index in [1.807, 2.05) is 37.4 Å². The van der Waals surface area contributed by atoms with Crippen LogP contribution in [0, 0.1) is 0 Å². The summed E-state index contributed by atoms with van der Waals surface area (Å²) in [6.07, 6.45) is 4.26. The Morgan fingerprint density at radius 2 is 2.09 bits per heavy atom. The van der Waals surface area contributed by atoms with Crippen molar-refractivity contribution in [3.8, 4) is 11.1 Å². The van der Waals surface area contributed by atoms with Gasteiger partial charge in [0.05, 0.1) is 36.8 Å². The van der Waals surface area contributed by atoms with Crippen molar-refractivity contribution in [3.05, 3.63) is 69.6 Å². The Morgan fingerprint density at radius 3 is 2.82 bits per heavy atom. The van der Waals surface area contributed by atoms with Crippen LogP contribution in [0.25, 0.3) is 22.0 Å². The quantitative estimate of drug-likeness (QED) is 0.452. The lowest BCUT2D eigenvalue weighted by molar-refractivity contribution is -0.137. The van der Waals surface area contributed by atoms with Crippen molar-refractivity contribution in [2.24, 2.45) is 7.05 Å². The highest BCUT2D eigenvalue weighted by Gasteiger charge is 2.36. The van der Waals surface area contributed by atoms with Crippen LogP contribution in [0.4, 0.5) is 0 Å². The number of rotatable bonds is 4. The first kappa shape index (κ1) is 21.9. The summed E-state index contributed by atoms with van der Waals surface area (Å²) >= 11 is 12.9. The van der Waals surface area contributed by atoms with Gasteiger partial charge in [0, 0.05) is 29.2 Å². The highest BCUT2D eigenvalue weighted by molar-refractivity contribution is 6.37. The number of aromatic amines is 1. The molecule has 1 amide bonds. The van der Waals surface area contributed by atoms with Gasteiger partial charge in [0.15, 0.2) is 5.15 Å². The minimum Gasteiger partial charge on any atom is -0.394 e. The standard InChI is InChI=1S/C24H23Cl2N5O2/c1-13-16-4-3-5-17(14-10-27-28-11-14)18(16)8-15(12-32)31(13)22(33)9-19-20(25)6-7-21-23(19)24(26)29-30(21)2/h3-7,10-11,13,15,32H,8-9,12H2,1-2H3,(H,27,28)/t13-,15+/m0/s1. The van der Waals surface area contributed by atoms with Crippen LogP contribution in [0.15, 0.2) is 42.7 Å². The lowest BCUT2D eigenvalue weighted by Crippen LogP contribution is -2.49. The Balaban J connectivity index is 1.53. The fourth-order valence-corrected chi connectivity index (χ4v) is 5.57. The highest BCUT2D eigenvalue weighted by atomic mass is 35.5. The average molecular weight is 484 g/mol. The van der Waals surface area contributed by atoms with E-state index in [1.54, 1.807) is 28.9 Å². The first-order valence-corrected chi connectivity index (χ1v) is 11.5. The van der Waals surface area contributed by atoms with Crippen molar-refractivity contribution in [1.29, 1.82) is 0 Å². The highest BCUT2D eigenvalue weighted by Crippen LogP contribution is 2.39. The molecule has 170 valence electrons. The summed E-state index contributed by atoms with van der Waals surface area (Å²) in [4.78, 5) is 15.4. The molecule has 2 aromatic heterocycles. The third-order valence-corrected chi connectivity index (χ3v) is 7.19. The molecule has 3 heterocycles. The maximum absolute atomic E-state index is 13.7. The van der Waals surface area contributed by atoms with E-state index in [0.717, 1.165) is 27.8 Å². The van der Waals surface area contributed by atoms with Gasteiger partial charge >= 0.3 is 0 Å². The van der Waals surface area contributed by atoms with Crippen LogP contribution in [-0.2, 0) is 24.7 Å². The number of aliphatic hydroxyl groups is 1. The van der Waals surface area contributed by atoms with Gasteiger partial charge in [-0.25, -0.2) is 0 Å². The Hall–Kier alpha value is -2.87. The van der Waals surface area contributed by atoms with Crippen LogP contribution in [0.3, 0.4) is 0 Å². The van der Waals surface area contributed by atoms with Gasteiger partial charge < -0.3 is 10.0 Å². The summed E-state index contributed by atoms with van der Waals surface area (Å²) in [5.74, 6) is -0.116. The molecule has 9 heteroatoms. The Bertz CT molecular complexity index is 1350. The van der Waals surface area contributed by atoms with E-state index in [2.05, 4.69) is 15.3 Å². The second-order valence-electron chi connectivity index (χ2n) is 8.39. The zero-order chi connectivity index (χ0) is 23.3. The van der Waals surface area contributed by atoms with E-state index in [0.29, 0.717) is 27.5 Å². The van der Waals surface area contributed by atoms with E-state index in [4.69, 9.17) is 23.2 Å². The second kappa shape index (κ2) is 8.48. The van der Waals surface area contributed by atoms with Crippen molar-refractivity contribution in [3.63, 3.8) is 0 Å². The minimum absolute atomic E-state index is 0.0686. The van der Waals surface area contributed by atoms with Gasteiger partial charge in [0.1, 0.15) is 0 Å². The molecule has 0 unspecified atom stereocenters.